The van der Waals surface area contributed by atoms with Gasteiger partial charge in [0.2, 0.25) is 0 Å². The van der Waals surface area contributed by atoms with Crippen LogP contribution in [-0.2, 0) is 39.2 Å². The Morgan fingerprint density at radius 1 is 0.655 bits per heavy atom. The van der Waals surface area contributed by atoms with Crippen LogP contribution in [0.15, 0.2) is 120 Å². The van der Waals surface area contributed by atoms with E-state index in [1.54, 1.807) is 39.1 Å². The maximum absolute atomic E-state index is 8.87. The Kier molecular flexibility index (Phi) is 9.42. The van der Waals surface area contributed by atoms with Crippen LogP contribution in [0.3, 0.4) is 0 Å². The van der Waals surface area contributed by atoms with Crippen LogP contribution in [0, 0.1) is 35.2 Å². The van der Waals surface area contributed by atoms with E-state index >= 15 is 0 Å². The molecule has 0 spiro atoms. The molecule has 0 amide bonds. The molecule has 0 aliphatic heterocycles. The molecule has 0 bridgehead atoms. The first-order valence-electron chi connectivity index (χ1n) is 23.8. The molecule has 0 N–H and O–H groups in total. The number of hydrogen-bond acceptors (Lipinski definition) is 4. The van der Waals surface area contributed by atoms with Gasteiger partial charge in [-0.2, -0.15) is 0 Å². The van der Waals surface area contributed by atoms with Crippen LogP contribution in [0.4, 0.5) is 0 Å². The van der Waals surface area contributed by atoms with Crippen LogP contribution in [0.1, 0.15) is 97.0 Å². The number of aromatic nitrogens is 3. The normalized spacial score (nSPS) is 15.3. The zero-order valence-corrected chi connectivity index (χ0v) is 36.9. The van der Waals surface area contributed by atoms with Gasteiger partial charge in [0.1, 0.15) is 11.1 Å². The zero-order valence-electron chi connectivity index (χ0n) is 43.6. The maximum Gasteiger partial charge on any atom is 0.147 e. The summed E-state index contributed by atoms with van der Waals surface area (Å²) in [6.07, 6.45) is -2.01. The van der Waals surface area contributed by atoms with Crippen LogP contribution in [-0.4, -0.2) is 15.0 Å². The van der Waals surface area contributed by atoms with Crippen LogP contribution >= 0.6 is 0 Å². The van der Waals surface area contributed by atoms with Crippen molar-refractivity contribution < 1.29 is 36.9 Å². The number of benzene rings is 4. The van der Waals surface area contributed by atoms with Crippen LogP contribution in [0.25, 0.3) is 66.5 Å². The van der Waals surface area contributed by atoms with Crippen molar-refractivity contribution in [2.75, 3.05) is 0 Å². The topological polar surface area (TPSA) is 51.8 Å². The molecule has 58 heavy (non-hydrogen) atoms. The van der Waals surface area contributed by atoms with E-state index in [0.717, 1.165) is 38.5 Å². The fourth-order valence-electron chi connectivity index (χ4n) is 6.62. The van der Waals surface area contributed by atoms with Gasteiger partial charge in [-0.1, -0.05) is 133 Å². The molecular weight excluding hydrogens is 887 g/mol. The van der Waals surface area contributed by atoms with Gasteiger partial charge in [0.25, 0.3) is 0 Å². The molecule has 4 aromatic heterocycles. The van der Waals surface area contributed by atoms with Gasteiger partial charge in [-0.3, -0.25) is 0 Å². The molecular formula is C53H55IrN3O-2. The van der Waals surface area contributed by atoms with Crippen molar-refractivity contribution >= 4 is 32.8 Å². The van der Waals surface area contributed by atoms with Crippen molar-refractivity contribution in [3.8, 4) is 33.6 Å². The number of fused-ring (bicyclic) bond motifs is 5. The Labute approximate surface area is 371 Å². The molecule has 8 aromatic rings. The summed E-state index contributed by atoms with van der Waals surface area (Å²) in [5.41, 5.74) is 5.16. The van der Waals surface area contributed by atoms with E-state index in [0.29, 0.717) is 39.2 Å². The summed E-state index contributed by atoms with van der Waals surface area (Å²) in [6, 6.07) is 38.4. The van der Waals surface area contributed by atoms with E-state index in [1.807, 2.05) is 126 Å². The van der Waals surface area contributed by atoms with Crippen molar-refractivity contribution in [2.45, 2.75) is 88.3 Å². The molecule has 0 fully saturated rings. The average Bonchev–Trinajstić information content (AvgIpc) is 3.65. The molecule has 4 nitrogen and oxygen atoms in total. The minimum Gasteiger partial charge on any atom is -0.498 e. The van der Waals surface area contributed by atoms with Crippen molar-refractivity contribution in [2.24, 2.45) is 16.2 Å². The molecule has 1 radical (unpaired) electrons. The average molecular weight is 951 g/mol. The summed E-state index contributed by atoms with van der Waals surface area (Å²) in [4.78, 5) is 13.6. The van der Waals surface area contributed by atoms with Crippen molar-refractivity contribution in [1.29, 1.82) is 0 Å². The number of rotatable bonds is 6. The molecule has 0 saturated heterocycles. The molecule has 299 valence electrons. The second-order valence-corrected chi connectivity index (χ2v) is 17.4. The smallest absolute Gasteiger partial charge is 0.147 e. The molecule has 0 unspecified atom stereocenters. The van der Waals surface area contributed by atoms with Gasteiger partial charge < -0.3 is 14.4 Å². The molecule has 0 atom stereocenters. The fraction of sp³-hybridized carbons (Fsp3) is 0.302. The van der Waals surface area contributed by atoms with Crippen molar-refractivity contribution in [3.05, 3.63) is 150 Å². The minimum absolute atomic E-state index is 0. The van der Waals surface area contributed by atoms with E-state index < -0.39 is 42.2 Å². The van der Waals surface area contributed by atoms with Crippen LogP contribution in [0.5, 0.6) is 0 Å². The first-order chi connectivity index (χ1) is 30.5. The molecule has 4 heterocycles. The van der Waals surface area contributed by atoms with Gasteiger partial charge in [0, 0.05) is 61.3 Å². The Morgan fingerprint density at radius 2 is 1.38 bits per heavy atom. The number of hydrogen-bond donors (Lipinski definition) is 0. The first-order valence-corrected chi connectivity index (χ1v) is 19.3. The summed E-state index contributed by atoms with van der Waals surface area (Å²) in [6.45, 7) is 13.9. The SMILES string of the molecule is [2H]C([2H])([2H])c1cnc(-c2[c-]ccc3c2oc2c3ccc3ccc(C([2H])([2H])C(C)(C)C)nc32)cc1C([2H])([2H])C(C)(C)C.[2H]C([2H])(c1ccc(-c2ccnc(-c3[c-]cccc3)c2)cc1)C(C)(C)C.[Ir]. The van der Waals surface area contributed by atoms with E-state index in [-0.39, 0.29) is 31.2 Å². The summed E-state index contributed by atoms with van der Waals surface area (Å²) in [5, 5.41) is 2.35. The standard InChI is InChI=1S/C31H33N2O.C22H22N.Ir/c1-19-18-32-26(15-21(19)16-30(2,3)4)25-10-8-9-23-24-14-12-20-11-13-22(17-31(5,6)7)33-27(20)29(24)34-28(23)25;1-22(2,3)16-17-9-11-18(12-10-17)20-13-14-23-21(15-20)19-7-5-4-6-8-19;/h8-9,11-15,18H,16-17H2,1-7H3;4-7,9-15H,16H2,1-3H3;/q2*-1;/i1D3,16D2,17D2;16D2;. The van der Waals surface area contributed by atoms with E-state index in [1.165, 1.54) is 12.3 Å². The number of nitrogens with zero attached hydrogens (tertiary/aromatic N) is 3. The van der Waals surface area contributed by atoms with Crippen molar-refractivity contribution in [3.63, 3.8) is 0 Å². The van der Waals surface area contributed by atoms with Gasteiger partial charge in [-0.25, -0.2) is 4.98 Å². The predicted molar refractivity (Wildman–Crippen MR) is 239 cm³/mol. The van der Waals surface area contributed by atoms with Gasteiger partial charge in [0.05, 0.1) is 5.58 Å². The van der Waals surface area contributed by atoms with Gasteiger partial charge >= 0.3 is 0 Å². The Hall–Kier alpha value is -4.96. The summed E-state index contributed by atoms with van der Waals surface area (Å²) >= 11 is 0. The Balaban J connectivity index is 0.000000244. The fourth-order valence-corrected chi connectivity index (χ4v) is 6.62. The maximum atomic E-state index is 8.87. The first kappa shape index (κ1) is 32.0. The van der Waals surface area contributed by atoms with E-state index in [9.17, 15) is 0 Å². The Morgan fingerprint density at radius 3 is 2.07 bits per heavy atom. The van der Waals surface area contributed by atoms with Crippen molar-refractivity contribution in [1.82, 2.24) is 15.0 Å². The van der Waals surface area contributed by atoms with Gasteiger partial charge in [-0.15, -0.1) is 54.1 Å². The molecule has 0 saturated carbocycles. The molecule has 5 heteroatoms. The molecule has 0 aliphatic carbocycles. The third kappa shape index (κ3) is 10.4. The number of aryl methyl sites for hydroxylation is 1. The third-order valence-electron chi connectivity index (χ3n) is 8.91. The third-order valence-corrected chi connectivity index (χ3v) is 8.91. The summed E-state index contributed by atoms with van der Waals surface area (Å²) < 4.78 is 82.5. The number of pyridine rings is 3. The monoisotopic (exact) mass is 951 g/mol. The van der Waals surface area contributed by atoms with Crippen LogP contribution < -0.4 is 0 Å². The summed E-state index contributed by atoms with van der Waals surface area (Å²) in [5.74, 6) is 0. The minimum atomic E-state index is -2.55. The molecule has 8 rings (SSSR count). The largest absolute Gasteiger partial charge is 0.498 e. The van der Waals surface area contributed by atoms with E-state index in [2.05, 4.69) is 22.1 Å². The Bertz CT molecular complexity index is 3050. The van der Waals surface area contributed by atoms with E-state index in [4.69, 9.17) is 21.7 Å². The summed E-state index contributed by atoms with van der Waals surface area (Å²) in [7, 11) is 0. The number of furan rings is 1. The zero-order chi connectivity index (χ0) is 48.4. The second kappa shape index (κ2) is 17.1. The second-order valence-electron chi connectivity index (χ2n) is 17.4. The quantitative estimate of drug-likeness (QED) is 0.156. The van der Waals surface area contributed by atoms with Gasteiger partial charge in [0.15, 0.2) is 0 Å². The van der Waals surface area contributed by atoms with Gasteiger partial charge in [-0.05, 0) is 88.0 Å². The molecule has 0 aliphatic rings. The molecule has 4 aromatic carbocycles. The van der Waals surface area contributed by atoms with Crippen LogP contribution in [0.2, 0.25) is 0 Å². The predicted octanol–water partition coefficient (Wildman–Crippen LogP) is 14.3.